The molecule has 0 unspecified atom stereocenters. The van der Waals surface area contributed by atoms with E-state index in [4.69, 9.17) is 0 Å². The SMILES string of the molecule is CCCCCCC=CCCCCCCCC[C]=O. The van der Waals surface area contributed by atoms with Crippen LogP contribution in [0.1, 0.15) is 90.4 Å². The Kier molecular flexibility index (Phi) is 15.9. The van der Waals surface area contributed by atoms with E-state index in [0.29, 0.717) is 6.42 Å². The van der Waals surface area contributed by atoms with Gasteiger partial charge in [-0.2, -0.15) is 0 Å². The third-order valence-corrected chi connectivity index (χ3v) is 3.29. The first-order valence-corrected chi connectivity index (χ1v) is 7.91. The van der Waals surface area contributed by atoms with E-state index in [9.17, 15) is 4.79 Å². The maximum absolute atomic E-state index is 9.99. The van der Waals surface area contributed by atoms with Crippen molar-refractivity contribution in [1.82, 2.24) is 0 Å². The van der Waals surface area contributed by atoms with Gasteiger partial charge in [-0.1, -0.05) is 64.0 Å². The summed E-state index contributed by atoms with van der Waals surface area (Å²) in [4.78, 5) is 9.99. The first-order valence-electron chi connectivity index (χ1n) is 7.91. The zero-order valence-corrected chi connectivity index (χ0v) is 12.3. The first kappa shape index (κ1) is 17.4. The van der Waals surface area contributed by atoms with Crippen LogP contribution in [0.5, 0.6) is 0 Å². The topological polar surface area (TPSA) is 17.1 Å². The van der Waals surface area contributed by atoms with Crippen molar-refractivity contribution in [3.63, 3.8) is 0 Å². The van der Waals surface area contributed by atoms with Crippen molar-refractivity contribution in [3.05, 3.63) is 12.2 Å². The Balaban J connectivity index is 3.01. The van der Waals surface area contributed by atoms with Crippen LogP contribution in [-0.4, -0.2) is 6.29 Å². The molecule has 0 aromatic carbocycles. The summed E-state index contributed by atoms with van der Waals surface area (Å²) >= 11 is 0. The summed E-state index contributed by atoms with van der Waals surface area (Å²) in [6.07, 6.45) is 22.8. The molecule has 0 amide bonds. The highest BCUT2D eigenvalue weighted by Crippen LogP contribution is 2.09. The van der Waals surface area contributed by atoms with Gasteiger partial charge in [0.2, 0.25) is 0 Å². The standard InChI is InChI=1S/C17H31O/c1-2-3-4-5-6-7-8-9-10-11-12-13-14-15-16-17-18/h7-8H,2-6,9-16H2,1H3. The van der Waals surface area contributed by atoms with Crippen LogP contribution in [0.3, 0.4) is 0 Å². The van der Waals surface area contributed by atoms with Gasteiger partial charge in [-0.05, 0) is 32.1 Å². The summed E-state index contributed by atoms with van der Waals surface area (Å²) < 4.78 is 0. The predicted molar refractivity (Wildman–Crippen MR) is 80.5 cm³/mol. The highest BCUT2D eigenvalue weighted by atomic mass is 16.1. The van der Waals surface area contributed by atoms with Crippen molar-refractivity contribution in [2.75, 3.05) is 0 Å². The molecule has 0 saturated carbocycles. The maximum atomic E-state index is 9.99. The Morgan fingerprint density at radius 3 is 1.78 bits per heavy atom. The lowest BCUT2D eigenvalue weighted by molar-refractivity contribution is 0.541. The molecule has 0 rings (SSSR count). The number of hydrogen-bond acceptors (Lipinski definition) is 1. The van der Waals surface area contributed by atoms with Crippen molar-refractivity contribution >= 4 is 6.29 Å². The lowest BCUT2D eigenvalue weighted by atomic mass is 10.1. The zero-order chi connectivity index (χ0) is 13.3. The first-order chi connectivity index (χ1) is 8.91. The van der Waals surface area contributed by atoms with Gasteiger partial charge in [0.1, 0.15) is 0 Å². The highest BCUT2D eigenvalue weighted by Gasteiger charge is 1.90. The lowest BCUT2D eigenvalue weighted by Gasteiger charge is -1.98. The molecular formula is C17H31O. The monoisotopic (exact) mass is 251 g/mol. The molecule has 0 saturated heterocycles. The molecule has 0 atom stereocenters. The number of rotatable bonds is 14. The number of carbonyl (C=O) groups excluding carboxylic acids is 1. The molecule has 0 spiro atoms. The number of hydrogen-bond donors (Lipinski definition) is 0. The van der Waals surface area contributed by atoms with Crippen LogP contribution in [0.4, 0.5) is 0 Å². The molecule has 18 heavy (non-hydrogen) atoms. The summed E-state index contributed by atoms with van der Waals surface area (Å²) in [7, 11) is 0. The second-order valence-electron chi connectivity index (χ2n) is 5.13. The molecule has 0 aromatic rings. The van der Waals surface area contributed by atoms with Gasteiger partial charge >= 0.3 is 0 Å². The van der Waals surface area contributed by atoms with Crippen molar-refractivity contribution in [2.24, 2.45) is 0 Å². The molecule has 1 nitrogen and oxygen atoms in total. The highest BCUT2D eigenvalue weighted by molar-refractivity contribution is 5.50. The minimum Gasteiger partial charge on any atom is -0.291 e. The van der Waals surface area contributed by atoms with Crippen LogP contribution in [0.25, 0.3) is 0 Å². The van der Waals surface area contributed by atoms with Gasteiger partial charge in [0.15, 0.2) is 6.29 Å². The van der Waals surface area contributed by atoms with Crippen molar-refractivity contribution < 1.29 is 4.79 Å². The van der Waals surface area contributed by atoms with Crippen LogP contribution in [0.15, 0.2) is 12.2 Å². The van der Waals surface area contributed by atoms with Crippen LogP contribution >= 0.6 is 0 Å². The molecular weight excluding hydrogens is 220 g/mol. The smallest absolute Gasteiger partial charge is 0.198 e. The van der Waals surface area contributed by atoms with E-state index in [2.05, 4.69) is 19.1 Å². The van der Waals surface area contributed by atoms with Crippen molar-refractivity contribution in [2.45, 2.75) is 90.4 Å². The van der Waals surface area contributed by atoms with Gasteiger partial charge < -0.3 is 0 Å². The predicted octanol–water partition coefficient (Wildman–Crippen LogP) is 5.74. The molecule has 0 aromatic heterocycles. The summed E-state index contributed by atoms with van der Waals surface area (Å²) in [6, 6.07) is 0. The minimum absolute atomic E-state index is 0.626. The summed E-state index contributed by atoms with van der Waals surface area (Å²) in [5.41, 5.74) is 0. The molecule has 0 heterocycles. The molecule has 0 fully saturated rings. The molecule has 1 radical (unpaired) electrons. The van der Waals surface area contributed by atoms with Crippen LogP contribution in [0.2, 0.25) is 0 Å². The van der Waals surface area contributed by atoms with Crippen molar-refractivity contribution in [3.8, 4) is 0 Å². The third-order valence-electron chi connectivity index (χ3n) is 3.29. The Hall–Kier alpha value is -0.590. The molecule has 105 valence electrons. The van der Waals surface area contributed by atoms with Gasteiger partial charge in [-0.3, -0.25) is 4.79 Å². The normalized spacial score (nSPS) is 11.2. The van der Waals surface area contributed by atoms with Crippen LogP contribution in [0, 0.1) is 0 Å². The van der Waals surface area contributed by atoms with E-state index in [1.54, 1.807) is 0 Å². The largest absolute Gasteiger partial charge is 0.291 e. The van der Waals surface area contributed by atoms with Crippen LogP contribution < -0.4 is 0 Å². The van der Waals surface area contributed by atoms with Gasteiger partial charge in [0.25, 0.3) is 0 Å². The number of unbranched alkanes of at least 4 members (excludes halogenated alkanes) is 11. The minimum atomic E-state index is 0.626. The van der Waals surface area contributed by atoms with E-state index in [1.165, 1.54) is 70.6 Å². The van der Waals surface area contributed by atoms with E-state index in [1.807, 2.05) is 6.29 Å². The molecule has 0 aliphatic rings. The second kappa shape index (κ2) is 16.4. The summed E-state index contributed by atoms with van der Waals surface area (Å²) in [5.74, 6) is 0. The van der Waals surface area contributed by atoms with Gasteiger partial charge in [-0.25, -0.2) is 0 Å². The van der Waals surface area contributed by atoms with Gasteiger partial charge in [0.05, 0.1) is 0 Å². The van der Waals surface area contributed by atoms with E-state index < -0.39 is 0 Å². The fraction of sp³-hybridized carbons (Fsp3) is 0.824. The summed E-state index contributed by atoms with van der Waals surface area (Å²) in [5, 5.41) is 0. The number of allylic oxidation sites excluding steroid dienone is 2. The Morgan fingerprint density at radius 2 is 1.22 bits per heavy atom. The average molecular weight is 251 g/mol. The Bertz CT molecular complexity index is 184. The van der Waals surface area contributed by atoms with E-state index in [0.717, 1.165) is 6.42 Å². The molecule has 1 heteroatoms. The molecule has 0 aliphatic heterocycles. The quantitative estimate of drug-likeness (QED) is 0.284. The van der Waals surface area contributed by atoms with E-state index in [-0.39, 0.29) is 0 Å². The third kappa shape index (κ3) is 15.4. The fourth-order valence-electron chi connectivity index (χ4n) is 2.09. The van der Waals surface area contributed by atoms with Crippen molar-refractivity contribution in [1.29, 1.82) is 0 Å². The second-order valence-corrected chi connectivity index (χ2v) is 5.13. The fourth-order valence-corrected chi connectivity index (χ4v) is 2.09. The van der Waals surface area contributed by atoms with Crippen LogP contribution in [-0.2, 0) is 4.79 Å². The molecule has 0 N–H and O–H groups in total. The molecule has 0 aliphatic carbocycles. The Labute approximate surface area is 114 Å². The lowest BCUT2D eigenvalue weighted by Crippen LogP contribution is -1.81. The summed E-state index contributed by atoms with van der Waals surface area (Å²) in [6.45, 7) is 2.26. The zero-order valence-electron chi connectivity index (χ0n) is 12.3. The van der Waals surface area contributed by atoms with Gasteiger partial charge in [0, 0.05) is 6.42 Å². The van der Waals surface area contributed by atoms with Gasteiger partial charge in [-0.15, -0.1) is 0 Å². The maximum Gasteiger partial charge on any atom is 0.198 e. The van der Waals surface area contributed by atoms with E-state index >= 15 is 0 Å². The Morgan fingerprint density at radius 1 is 0.722 bits per heavy atom. The average Bonchev–Trinajstić information content (AvgIpc) is 2.39. The molecule has 0 bridgehead atoms.